The Kier molecular flexibility index (Phi) is 4.03. The fourth-order valence-corrected chi connectivity index (χ4v) is 1.76. The summed E-state index contributed by atoms with van der Waals surface area (Å²) < 4.78 is 5.87. The van der Waals surface area contributed by atoms with E-state index in [1.807, 2.05) is 6.07 Å². The molecule has 0 bridgehead atoms. The van der Waals surface area contributed by atoms with Crippen molar-refractivity contribution in [2.45, 2.75) is 19.3 Å². The van der Waals surface area contributed by atoms with Crippen molar-refractivity contribution in [2.24, 2.45) is 0 Å². The van der Waals surface area contributed by atoms with E-state index < -0.39 is 5.97 Å². The first-order valence-corrected chi connectivity index (χ1v) is 6.10. The molecule has 2 aromatic rings. The monoisotopic (exact) mass is 311 g/mol. The van der Waals surface area contributed by atoms with Crippen LogP contribution < -0.4 is 0 Å². The first-order valence-electron chi connectivity index (χ1n) is 5.30. The number of halogens is 1. The Labute approximate surface area is 111 Å². The molecule has 7 heteroatoms. The zero-order valence-electron chi connectivity index (χ0n) is 9.34. The van der Waals surface area contributed by atoms with Crippen LogP contribution in [0.25, 0.3) is 11.4 Å². The molecule has 0 aliphatic rings. The van der Waals surface area contributed by atoms with E-state index in [1.54, 1.807) is 12.4 Å². The fraction of sp³-hybridized carbons (Fsp3) is 0.273. The second kappa shape index (κ2) is 5.72. The number of hydrogen-bond donors (Lipinski definition) is 1. The van der Waals surface area contributed by atoms with Gasteiger partial charge in [0, 0.05) is 35.3 Å². The Morgan fingerprint density at radius 1 is 1.44 bits per heavy atom. The Balaban J connectivity index is 2.04. The van der Waals surface area contributed by atoms with Gasteiger partial charge in [0.05, 0.1) is 0 Å². The van der Waals surface area contributed by atoms with E-state index in [4.69, 9.17) is 9.63 Å². The van der Waals surface area contributed by atoms with Gasteiger partial charge in [-0.15, -0.1) is 0 Å². The van der Waals surface area contributed by atoms with Crippen molar-refractivity contribution >= 4 is 21.9 Å². The summed E-state index contributed by atoms with van der Waals surface area (Å²) in [5, 5.41) is 12.4. The highest BCUT2D eigenvalue weighted by atomic mass is 79.9. The molecule has 0 aliphatic carbocycles. The van der Waals surface area contributed by atoms with Crippen LogP contribution >= 0.6 is 15.9 Å². The van der Waals surface area contributed by atoms with Crippen molar-refractivity contribution in [1.82, 2.24) is 15.1 Å². The maximum atomic E-state index is 10.4. The minimum absolute atomic E-state index is 0.0934. The number of rotatable bonds is 5. The van der Waals surface area contributed by atoms with Crippen molar-refractivity contribution in [3.8, 4) is 11.4 Å². The minimum Gasteiger partial charge on any atom is -0.481 e. The number of carboxylic acid groups (broad SMARTS) is 1. The molecule has 0 saturated heterocycles. The lowest BCUT2D eigenvalue weighted by Crippen LogP contribution is -1.96. The second-order valence-electron chi connectivity index (χ2n) is 3.65. The number of nitrogens with zero attached hydrogens (tertiary/aromatic N) is 3. The van der Waals surface area contributed by atoms with E-state index in [0.29, 0.717) is 24.6 Å². The third kappa shape index (κ3) is 3.36. The van der Waals surface area contributed by atoms with E-state index in [9.17, 15) is 4.79 Å². The molecule has 0 aromatic carbocycles. The molecule has 2 rings (SSSR count). The van der Waals surface area contributed by atoms with Gasteiger partial charge in [0.1, 0.15) is 0 Å². The molecule has 2 heterocycles. The summed E-state index contributed by atoms with van der Waals surface area (Å²) in [5.41, 5.74) is 0.748. The molecule has 1 N–H and O–H groups in total. The van der Waals surface area contributed by atoms with E-state index in [-0.39, 0.29) is 6.42 Å². The normalized spacial score (nSPS) is 10.5. The lowest BCUT2D eigenvalue weighted by atomic mass is 10.2. The second-order valence-corrected chi connectivity index (χ2v) is 4.57. The summed E-state index contributed by atoms with van der Waals surface area (Å²) in [4.78, 5) is 18.6. The topological polar surface area (TPSA) is 89.1 Å². The Hall–Kier alpha value is -1.76. The summed E-state index contributed by atoms with van der Waals surface area (Å²) in [5.74, 6) is 0.0614. The van der Waals surface area contributed by atoms with Gasteiger partial charge in [-0.25, -0.2) is 0 Å². The number of aliphatic carboxylic acids is 1. The van der Waals surface area contributed by atoms with Gasteiger partial charge in [-0.05, 0) is 28.4 Å². The number of aryl methyl sites for hydroxylation is 1. The molecule has 6 nitrogen and oxygen atoms in total. The van der Waals surface area contributed by atoms with Crippen LogP contribution in [-0.2, 0) is 11.2 Å². The van der Waals surface area contributed by atoms with Crippen molar-refractivity contribution in [3.63, 3.8) is 0 Å². The molecule has 0 unspecified atom stereocenters. The highest BCUT2D eigenvalue weighted by molar-refractivity contribution is 9.10. The summed E-state index contributed by atoms with van der Waals surface area (Å²) in [6.45, 7) is 0. The van der Waals surface area contributed by atoms with Gasteiger partial charge in [-0.2, -0.15) is 4.98 Å². The number of aromatic nitrogens is 3. The van der Waals surface area contributed by atoms with E-state index >= 15 is 0 Å². The third-order valence-corrected chi connectivity index (χ3v) is 2.65. The highest BCUT2D eigenvalue weighted by Crippen LogP contribution is 2.19. The van der Waals surface area contributed by atoms with Gasteiger partial charge in [0.25, 0.3) is 0 Å². The highest BCUT2D eigenvalue weighted by Gasteiger charge is 2.09. The fourth-order valence-electron chi connectivity index (χ4n) is 1.40. The van der Waals surface area contributed by atoms with Gasteiger partial charge >= 0.3 is 5.97 Å². The summed E-state index contributed by atoms with van der Waals surface area (Å²) in [7, 11) is 0. The third-order valence-electron chi connectivity index (χ3n) is 2.21. The Bertz CT molecular complexity index is 556. The average molecular weight is 312 g/mol. The Morgan fingerprint density at radius 3 is 3.00 bits per heavy atom. The van der Waals surface area contributed by atoms with Crippen molar-refractivity contribution in [2.75, 3.05) is 0 Å². The van der Waals surface area contributed by atoms with Gasteiger partial charge < -0.3 is 9.63 Å². The van der Waals surface area contributed by atoms with Crippen LogP contribution in [-0.4, -0.2) is 26.2 Å². The van der Waals surface area contributed by atoms with Crippen molar-refractivity contribution < 1.29 is 14.4 Å². The molecule has 0 saturated carbocycles. The summed E-state index contributed by atoms with van der Waals surface area (Å²) >= 11 is 3.31. The molecule has 0 radical (unpaired) electrons. The number of carboxylic acids is 1. The lowest BCUT2D eigenvalue weighted by molar-refractivity contribution is -0.137. The minimum atomic E-state index is -0.828. The van der Waals surface area contributed by atoms with E-state index in [1.165, 1.54) is 0 Å². The Morgan fingerprint density at radius 2 is 2.28 bits per heavy atom. The molecule has 2 aromatic heterocycles. The molecule has 0 fully saturated rings. The van der Waals surface area contributed by atoms with Crippen molar-refractivity contribution in [3.05, 3.63) is 28.8 Å². The number of pyridine rings is 1. The molecule has 0 aliphatic heterocycles. The van der Waals surface area contributed by atoms with Crippen LogP contribution in [0.5, 0.6) is 0 Å². The lowest BCUT2D eigenvalue weighted by Gasteiger charge is -1.93. The average Bonchev–Trinajstić information content (AvgIpc) is 2.77. The van der Waals surface area contributed by atoms with E-state index in [2.05, 4.69) is 31.1 Å². The zero-order valence-corrected chi connectivity index (χ0v) is 10.9. The van der Waals surface area contributed by atoms with Crippen LogP contribution in [0.3, 0.4) is 0 Å². The quantitative estimate of drug-likeness (QED) is 0.911. The van der Waals surface area contributed by atoms with Crippen LogP contribution in [0.15, 0.2) is 27.5 Å². The number of hydrogen-bond acceptors (Lipinski definition) is 5. The van der Waals surface area contributed by atoms with Gasteiger partial charge in [0.2, 0.25) is 11.7 Å². The van der Waals surface area contributed by atoms with Crippen LogP contribution in [0.4, 0.5) is 0 Å². The van der Waals surface area contributed by atoms with Crippen LogP contribution in [0.1, 0.15) is 18.7 Å². The van der Waals surface area contributed by atoms with Crippen LogP contribution in [0, 0.1) is 0 Å². The van der Waals surface area contributed by atoms with Crippen molar-refractivity contribution in [1.29, 1.82) is 0 Å². The molecule has 94 valence electrons. The molecule has 0 amide bonds. The summed E-state index contributed by atoms with van der Waals surface area (Å²) in [6, 6.07) is 1.83. The predicted octanol–water partition coefficient (Wildman–Crippen LogP) is 2.30. The summed E-state index contributed by atoms with van der Waals surface area (Å²) in [6.07, 6.45) is 4.33. The first kappa shape index (κ1) is 12.7. The van der Waals surface area contributed by atoms with Crippen LogP contribution in [0.2, 0.25) is 0 Å². The van der Waals surface area contributed by atoms with Gasteiger partial charge in [-0.1, -0.05) is 5.16 Å². The number of carbonyl (C=O) groups is 1. The maximum Gasteiger partial charge on any atom is 0.303 e. The standard InChI is InChI=1S/C11H10BrN3O3/c12-8-4-7(5-13-6-8)11-14-9(18-15-11)2-1-3-10(16)17/h4-6H,1-3H2,(H,16,17). The zero-order chi connectivity index (χ0) is 13.0. The molecule has 18 heavy (non-hydrogen) atoms. The molecule has 0 spiro atoms. The van der Waals surface area contributed by atoms with E-state index in [0.717, 1.165) is 10.0 Å². The largest absolute Gasteiger partial charge is 0.481 e. The molecular formula is C11H10BrN3O3. The molecule has 0 atom stereocenters. The van der Waals surface area contributed by atoms with Gasteiger partial charge in [0.15, 0.2) is 0 Å². The molecular weight excluding hydrogens is 302 g/mol. The SMILES string of the molecule is O=C(O)CCCc1nc(-c2cncc(Br)c2)no1. The smallest absolute Gasteiger partial charge is 0.303 e. The maximum absolute atomic E-state index is 10.4. The predicted molar refractivity (Wildman–Crippen MR) is 65.8 cm³/mol. The van der Waals surface area contributed by atoms with Gasteiger partial charge in [-0.3, -0.25) is 9.78 Å². The first-order chi connectivity index (χ1) is 8.65.